The van der Waals surface area contributed by atoms with Crippen LogP contribution in [0.5, 0.6) is 11.5 Å². The molecule has 32 heavy (non-hydrogen) atoms. The first-order valence-electron chi connectivity index (χ1n) is 9.87. The Morgan fingerprint density at radius 3 is 2.47 bits per heavy atom. The molecule has 0 aliphatic carbocycles. The zero-order valence-electron chi connectivity index (χ0n) is 18.1. The smallest absolute Gasteiger partial charge is 0.412 e. The number of carbonyl (C=O) groups excluding carboxylic acids is 2. The van der Waals surface area contributed by atoms with Crippen LogP contribution in [0.15, 0.2) is 59.1 Å². The minimum absolute atomic E-state index is 0.0674. The largest absolute Gasteiger partial charge is 0.504 e. The van der Waals surface area contributed by atoms with Crippen LogP contribution in [-0.4, -0.2) is 29.4 Å². The molecule has 0 radical (unpaired) electrons. The van der Waals surface area contributed by atoms with Gasteiger partial charge in [-0.15, -0.1) is 0 Å². The molecule has 2 rings (SSSR count). The molecular formula is C23H27BrN2O6. The van der Waals surface area contributed by atoms with Crippen LogP contribution in [-0.2, 0) is 9.53 Å². The van der Waals surface area contributed by atoms with Crippen molar-refractivity contribution in [3.05, 3.63) is 64.7 Å². The van der Waals surface area contributed by atoms with Crippen LogP contribution in [0.2, 0.25) is 0 Å². The van der Waals surface area contributed by atoms with Gasteiger partial charge in [0.25, 0.3) is 5.91 Å². The highest BCUT2D eigenvalue weighted by Gasteiger charge is 2.34. The summed E-state index contributed by atoms with van der Waals surface area (Å²) >= 11 is 3.35. The average Bonchev–Trinajstić information content (AvgIpc) is 2.76. The predicted molar refractivity (Wildman–Crippen MR) is 124 cm³/mol. The lowest BCUT2D eigenvalue weighted by molar-refractivity contribution is -0.124. The summed E-state index contributed by atoms with van der Waals surface area (Å²) in [5, 5.41) is 21.5. The number of benzene rings is 2. The number of phenolic OH excluding ortho intramolecular Hbond substituents is 1. The Morgan fingerprint density at radius 2 is 1.88 bits per heavy atom. The number of phenols is 1. The number of hydrogen-bond acceptors (Lipinski definition) is 6. The van der Waals surface area contributed by atoms with E-state index < -0.39 is 23.5 Å². The highest BCUT2D eigenvalue weighted by molar-refractivity contribution is 9.10. The zero-order valence-corrected chi connectivity index (χ0v) is 19.7. The van der Waals surface area contributed by atoms with Gasteiger partial charge in [-0.2, -0.15) is 0 Å². The van der Waals surface area contributed by atoms with Crippen molar-refractivity contribution in [2.75, 3.05) is 12.4 Å². The fourth-order valence-corrected chi connectivity index (χ4v) is 3.41. The SMILES string of the molecule is COc1ccc([C@H](OC(=O)Nc2ccc(Br)cc2)C(C)(C)CC/C=C/C(=O)NO)cc1O. The van der Waals surface area contributed by atoms with Crippen LogP contribution in [0, 0.1) is 5.41 Å². The maximum atomic E-state index is 12.7. The molecule has 9 heteroatoms. The lowest BCUT2D eigenvalue weighted by Gasteiger charge is -2.34. The topological polar surface area (TPSA) is 117 Å². The molecule has 8 nitrogen and oxygen atoms in total. The first-order valence-corrected chi connectivity index (χ1v) is 10.7. The molecule has 2 aromatic carbocycles. The molecule has 0 aliphatic heterocycles. The van der Waals surface area contributed by atoms with Crippen molar-refractivity contribution in [3.8, 4) is 11.5 Å². The van der Waals surface area contributed by atoms with Gasteiger partial charge in [-0.05, 0) is 54.8 Å². The van der Waals surface area contributed by atoms with Crippen LogP contribution in [0.4, 0.5) is 10.5 Å². The average molecular weight is 507 g/mol. The minimum atomic E-state index is -0.713. The number of carbonyl (C=O) groups is 2. The van der Waals surface area contributed by atoms with Crippen molar-refractivity contribution >= 4 is 33.6 Å². The van der Waals surface area contributed by atoms with Crippen molar-refractivity contribution in [2.24, 2.45) is 5.41 Å². The number of anilines is 1. The fourth-order valence-electron chi connectivity index (χ4n) is 3.15. The van der Waals surface area contributed by atoms with Gasteiger partial charge in [-0.1, -0.05) is 41.9 Å². The third-order valence-electron chi connectivity index (χ3n) is 4.87. The number of nitrogens with one attached hydrogen (secondary N) is 2. The maximum absolute atomic E-state index is 12.7. The van der Waals surface area contributed by atoms with Crippen LogP contribution < -0.4 is 15.5 Å². The Bertz CT molecular complexity index is 959. The number of rotatable bonds is 9. The van der Waals surface area contributed by atoms with Gasteiger partial charge in [0.15, 0.2) is 11.5 Å². The van der Waals surface area contributed by atoms with Crippen molar-refractivity contribution in [1.29, 1.82) is 0 Å². The van der Waals surface area contributed by atoms with Gasteiger partial charge in [0.1, 0.15) is 6.10 Å². The second kappa shape index (κ2) is 11.5. The molecule has 0 spiro atoms. The molecule has 0 saturated heterocycles. The van der Waals surface area contributed by atoms with Gasteiger partial charge in [-0.3, -0.25) is 15.3 Å². The summed E-state index contributed by atoms with van der Waals surface area (Å²) in [6, 6.07) is 11.9. The van der Waals surface area contributed by atoms with Crippen molar-refractivity contribution in [1.82, 2.24) is 5.48 Å². The van der Waals surface area contributed by atoms with E-state index in [-0.39, 0.29) is 5.75 Å². The van der Waals surface area contributed by atoms with E-state index in [0.29, 0.717) is 29.8 Å². The van der Waals surface area contributed by atoms with E-state index in [9.17, 15) is 14.7 Å². The van der Waals surface area contributed by atoms with E-state index in [2.05, 4.69) is 21.2 Å². The number of allylic oxidation sites excluding steroid dienone is 1. The number of hydrogen-bond donors (Lipinski definition) is 4. The molecule has 2 amide bonds. The van der Waals surface area contributed by atoms with Gasteiger partial charge in [0, 0.05) is 21.7 Å². The summed E-state index contributed by atoms with van der Waals surface area (Å²) in [4.78, 5) is 23.8. The Labute approximate surface area is 195 Å². The Kier molecular flexibility index (Phi) is 9.10. The van der Waals surface area contributed by atoms with Gasteiger partial charge in [0.2, 0.25) is 0 Å². The van der Waals surface area contributed by atoms with E-state index in [0.717, 1.165) is 4.47 Å². The van der Waals surface area contributed by atoms with E-state index in [1.54, 1.807) is 42.5 Å². The highest BCUT2D eigenvalue weighted by atomic mass is 79.9. The van der Waals surface area contributed by atoms with Crippen LogP contribution in [0.3, 0.4) is 0 Å². The van der Waals surface area contributed by atoms with Gasteiger partial charge >= 0.3 is 6.09 Å². The molecule has 0 bridgehead atoms. The molecule has 0 fully saturated rings. The normalized spacial score (nSPS) is 12.3. The van der Waals surface area contributed by atoms with Crippen LogP contribution in [0.1, 0.15) is 38.4 Å². The molecule has 4 N–H and O–H groups in total. The van der Waals surface area contributed by atoms with Crippen molar-refractivity contribution < 1.29 is 29.4 Å². The van der Waals surface area contributed by atoms with Gasteiger partial charge in [0.05, 0.1) is 7.11 Å². The minimum Gasteiger partial charge on any atom is -0.504 e. The summed E-state index contributed by atoms with van der Waals surface area (Å²) in [5.41, 5.74) is 2.13. The van der Waals surface area contributed by atoms with Gasteiger partial charge in [-0.25, -0.2) is 10.3 Å². The fraction of sp³-hybridized carbons (Fsp3) is 0.304. The number of aromatic hydroxyl groups is 1. The second-order valence-corrected chi connectivity index (χ2v) is 8.67. The second-order valence-electron chi connectivity index (χ2n) is 7.75. The van der Waals surface area contributed by atoms with Crippen LogP contribution >= 0.6 is 15.9 Å². The standard InChI is InChI=1S/C23H27BrN2O6/c1-23(2,13-5-4-6-20(28)26-30)21(15-7-12-19(31-3)18(27)14-15)32-22(29)25-17-10-8-16(24)9-11-17/h4,6-12,14,21,27,30H,5,13H2,1-3H3,(H,25,29)(H,26,28)/b6-4+/t21-/m0/s1. The number of ether oxygens (including phenoxy) is 2. The molecule has 2 aromatic rings. The Morgan fingerprint density at radius 1 is 1.19 bits per heavy atom. The summed E-state index contributed by atoms with van der Waals surface area (Å²) in [5.74, 6) is -0.380. The summed E-state index contributed by atoms with van der Waals surface area (Å²) < 4.78 is 11.8. The molecular weight excluding hydrogens is 480 g/mol. The lowest BCUT2D eigenvalue weighted by atomic mass is 9.78. The molecule has 0 heterocycles. The zero-order chi connectivity index (χ0) is 23.7. The third-order valence-corrected chi connectivity index (χ3v) is 5.39. The predicted octanol–water partition coefficient (Wildman–Crippen LogP) is 5.32. The van der Waals surface area contributed by atoms with Gasteiger partial charge < -0.3 is 14.6 Å². The molecule has 1 atom stereocenters. The molecule has 0 saturated carbocycles. The monoisotopic (exact) mass is 506 g/mol. The quantitative estimate of drug-likeness (QED) is 0.207. The maximum Gasteiger partial charge on any atom is 0.412 e. The third kappa shape index (κ3) is 7.28. The van der Waals surface area contributed by atoms with Crippen molar-refractivity contribution in [3.63, 3.8) is 0 Å². The summed E-state index contributed by atoms with van der Waals surface area (Å²) in [6.07, 6.45) is 2.54. The first-order chi connectivity index (χ1) is 15.2. The first kappa shape index (κ1) is 25.2. The van der Waals surface area contributed by atoms with Crippen LogP contribution in [0.25, 0.3) is 0 Å². The lowest BCUT2D eigenvalue weighted by Crippen LogP contribution is -2.29. The number of methoxy groups -OCH3 is 1. The Hall–Kier alpha value is -3.04. The Balaban J connectivity index is 2.24. The molecule has 172 valence electrons. The van der Waals surface area contributed by atoms with E-state index in [1.165, 1.54) is 24.7 Å². The van der Waals surface area contributed by atoms with E-state index >= 15 is 0 Å². The molecule has 0 aromatic heterocycles. The highest BCUT2D eigenvalue weighted by Crippen LogP contribution is 2.42. The number of amides is 2. The number of hydroxylamine groups is 1. The molecule has 0 unspecified atom stereocenters. The van der Waals surface area contributed by atoms with E-state index in [4.69, 9.17) is 14.7 Å². The number of halogens is 1. The molecule has 0 aliphatic rings. The van der Waals surface area contributed by atoms with Crippen molar-refractivity contribution in [2.45, 2.75) is 32.8 Å². The summed E-state index contributed by atoms with van der Waals surface area (Å²) in [7, 11) is 1.45. The van der Waals surface area contributed by atoms with E-state index in [1.807, 2.05) is 13.8 Å². The summed E-state index contributed by atoms with van der Waals surface area (Å²) in [6.45, 7) is 3.84.